The molecule has 0 aliphatic carbocycles. The standard InChI is InChI=1S/C22H18FNO4/c1-26-19-11-5-9-17(20(19)27-13-14-6-4-7-15(23)12-14)22-24-21(25)16-8-2-3-10-18(16)28-22/h2-12,22H,13H2,1H3,(H,24,25)/t22-/m0/s1. The lowest BCUT2D eigenvalue weighted by molar-refractivity contribution is 0.0748. The van der Waals surface area contributed by atoms with Crippen LogP contribution in [-0.2, 0) is 6.61 Å². The Hall–Kier alpha value is -3.54. The topological polar surface area (TPSA) is 56.8 Å². The highest BCUT2D eigenvalue weighted by atomic mass is 19.1. The first-order chi connectivity index (χ1) is 13.7. The zero-order chi connectivity index (χ0) is 19.5. The van der Waals surface area contributed by atoms with Crippen LogP contribution in [0.4, 0.5) is 4.39 Å². The van der Waals surface area contributed by atoms with Crippen molar-refractivity contribution in [1.82, 2.24) is 5.32 Å². The fourth-order valence-corrected chi connectivity index (χ4v) is 3.09. The van der Waals surface area contributed by atoms with Crippen LogP contribution in [0.15, 0.2) is 66.7 Å². The molecule has 0 spiro atoms. The molecule has 5 nitrogen and oxygen atoms in total. The molecular weight excluding hydrogens is 361 g/mol. The maximum Gasteiger partial charge on any atom is 0.258 e. The highest BCUT2D eigenvalue weighted by Gasteiger charge is 2.29. The Kier molecular flexibility index (Phi) is 4.85. The first-order valence-electron chi connectivity index (χ1n) is 8.76. The van der Waals surface area contributed by atoms with E-state index in [0.717, 1.165) is 0 Å². The van der Waals surface area contributed by atoms with Gasteiger partial charge in [0.1, 0.15) is 18.2 Å². The number of hydrogen-bond acceptors (Lipinski definition) is 4. The summed E-state index contributed by atoms with van der Waals surface area (Å²) in [6.45, 7) is 0.141. The molecule has 0 fully saturated rings. The van der Waals surface area contributed by atoms with Crippen molar-refractivity contribution in [2.75, 3.05) is 7.11 Å². The minimum absolute atomic E-state index is 0.141. The molecule has 3 aromatic rings. The summed E-state index contributed by atoms with van der Waals surface area (Å²) in [6, 6.07) is 18.5. The Morgan fingerprint density at radius 2 is 1.89 bits per heavy atom. The number of carbonyl (C=O) groups excluding carboxylic acids is 1. The lowest BCUT2D eigenvalue weighted by Crippen LogP contribution is -2.37. The van der Waals surface area contributed by atoms with E-state index in [1.54, 1.807) is 54.6 Å². The van der Waals surface area contributed by atoms with E-state index in [2.05, 4.69) is 5.32 Å². The zero-order valence-electron chi connectivity index (χ0n) is 15.1. The van der Waals surface area contributed by atoms with Gasteiger partial charge in [-0.15, -0.1) is 0 Å². The third-order valence-electron chi connectivity index (χ3n) is 4.42. The normalized spacial score (nSPS) is 15.2. The van der Waals surface area contributed by atoms with Gasteiger partial charge >= 0.3 is 0 Å². The summed E-state index contributed by atoms with van der Waals surface area (Å²) in [5.74, 6) is 0.853. The van der Waals surface area contributed by atoms with Gasteiger partial charge in [-0.05, 0) is 42.0 Å². The van der Waals surface area contributed by atoms with Gasteiger partial charge in [0.25, 0.3) is 5.91 Å². The second kappa shape index (κ2) is 7.60. The second-order valence-corrected chi connectivity index (χ2v) is 6.26. The van der Waals surface area contributed by atoms with Gasteiger partial charge in [0.15, 0.2) is 11.5 Å². The van der Waals surface area contributed by atoms with Gasteiger partial charge in [-0.2, -0.15) is 0 Å². The molecule has 0 unspecified atom stereocenters. The highest BCUT2D eigenvalue weighted by Crippen LogP contribution is 2.38. The van der Waals surface area contributed by atoms with E-state index in [4.69, 9.17) is 14.2 Å². The van der Waals surface area contributed by atoms with E-state index in [1.807, 2.05) is 0 Å². The molecule has 142 valence electrons. The fraction of sp³-hybridized carbons (Fsp3) is 0.136. The highest BCUT2D eigenvalue weighted by molar-refractivity contribution is 5.98. The molecule has 1 aliphatic rings. The quantitative estimate of drug-likeness (QED) is 0.721. The van der Waals surface area contributed by atoms with Gasteiger partial charge in [-0.3, -0.25) is 4.79 Å². The van der Waals surface area contributed by atoms with E-state index >= 15 is 0 Å². The number of nitrogens with one attached hydrogen (secondary N) is 1. The lowest BCUT2D eigenvalue weighted by Gasteiger charge is -2.28. The summed E-state index contributed by atoms with van der Waals surface area (Å²) >= 11 is 0. The van der Waals surface area contributed by atoms with E-state index < -0.39 is 6.23 Å². The molecule has 1 aliphatic heterocycles. The van der Waals surface area contributed by atoms with Gasteiger partial charge in [-0.25, -0.2) is 4.39 Å². The molecule has 0 aromatic heterocycles. The minimum Gasteiger partial charge on any atom is -0.493 e. The lowest BCUT2D eigenvalue weighted by atomic mass is 10.1. The van der Waals surface area contributed by atoms with Crippen LogP contribution in [0.2, 0.25) is 0 Å². The summed E-state index contributed by atoms with van der Waals surface area (Å²) < 4.78 is 30.8. The fourth-order valence-electron chi connectivity index (χ4n) is 3.09. The molecule has 4 rings (SSSR count). The number of amides is 1. The third kappa shape index (κ3) is 3.49. The maximum atomic E-state index is 13.4. The van der Waals surface area contributed by atoms with Gasteiger partial charge < -0.3 is 19.5 Å². The number of halogens is 1. The van der Waals surface area contributed by atoms with Gasteiger partial charge in [-0.1, -0.05) is 30.3 Å². The van der Waals surface area contributed by atoms with E-state index in [1.165, 1.54) is 19.2 Å². The van der Waals surface area contributed by atoms with Crippen molar-refractivity contribution in [3.8, 4) is 17.2 Å². The molecule has 0 saturated carbocycles. The molecule has 1 atom stereocenters. The molecule has 3 aromatic carbocycles. The van der Waals surface area contributed by atoms with Crippen molar-refractivity contribution in [2.24, 2.45) is 0 Å². The number of fused-ring (bicyclic) bond motifs is 1. The predicted octanol–water partition coefficient (Wildman–Crippen LogP) is 4.23. The van der Waals surface area contributed by atoms with Crippen LogP contribution < -0.4 is 19.5 Å². The average molecular weight is 379 g/mol. The number of ether oxygens (including phenoxy) is 3. The van der Waals surface area contributed by atoms with Gasteiger partial charge in [0.05, 0.1) is 18.2 Å². The average Bonchev–Trinajstić information content (AvgIpc) is 2.72. The van der Waals surface area contributed by atoms with Crippen LogP contribution in [0.3, 0.4) is 0 Å². The van der Waals surface area contributed by atoms with Crippen molar-refractivity contribution >= 4 is 5.91 Å². The van der Waals surface area contributed by atoms with Crippen LogP contribution in [0, 0.1) is 5.82 Å². The summed E-state index contributed by atoms with van der Waals surface area (Å²) in [5, 5.41) is 2.83. The van der Waals surface area contributed by atoms with Crippen molar-refractivity contribution in [1.29, 1.82) is 0 Å². The predicted molar refractivity (Wildman–Crippen MR) is 101 cm³/mol. The summed E-state index contributed by atoms with van der Waals surface area (Å²) in [4.78, 5) is 12.4. The van der Waals surface area contributed by atoms with Crippen LogP contribution >= 0.6 is 0 Å². The Bertz CT molecular complexity index is 1020. The Morgan fingerprint density at radius 1 is 1.07 bits per heavy atom. The molecule has 1 amide bonds. The molecule has 1 N–H and O–H groups in total. The van der Waals surface area contributed by atoms with Gasteiger partial charge in [0.2, 0.25) is 6.23 Å². The summed E-state index contributed by atoms with van der Waals surface area (Å²) in [6.07, 6.45) is -0.736. The smallest absolute Gasteiger partial charge is 0.258 e. The Balaban J connectivity index is 1.65. The van der Waals surface area contributed by atoms with Crippen LogP contribution in [0.5, 0.6) is 17.2 Å². The molecule has 28 heavy (non-hydrogen) atoms. The van der Waals surface area contributed by atoms with Crippen LogP contribution in [0.1, 0.15) is 27.7 Å². The first kappa shape index (κ1) is 17.9. The summed E-state index contributed by atoms with van der Waals surface area (Å²) in [5.41, 5.74) is 1.76. The van der Waals surface area contributed by atoms with E-state index in [9.17, 15) is 9.18 Å². The second-order valence-electron chi connectivity index (χ2n) is 6.26. The van der Waals surface area contributed by atoms with Crippen molar-refractivity contribution in [3.05, 3.63) is 89.2 Å². The molecule has 1 heterocycles. The minimum atomic E-state index is -0.736. The first-order valence-corrected chi connectivity index (χ1v) is 8.76. The van der Waals surface area contributed by atoms with Crippen LogP contribution in [0.25, 0.3) is 0 Å². The van der Waals surface area contributed by atoms with Crippen molar-refractivity contribution in [2.45, 2.75) is 12.8 Å². The van der Waals surface area contributed by atoms with Crippen LogP contribution in [-0.4, -0.2) is 13.0 Å². The molecule has 6 heteroatoms. The molecule has 0 radical (unpaired) electrons. The number of carbonyl (C=O) groups is 1. The van der Waals surface area contributed by atoms with E-state index in [-0.39, 0.29) is 18.3 Å². The maximum absolute atomic E-state index is 13.4. The van der Waals surface area contributed by atoms with Gasteiger partial charge in [0, 0.05) is 0 Å². The van der Waals surface area contributed by atoms with Crippen molar-refractivity contribution in [3.63, 3.8) is 0 Å². The number of benzene rings is 3. The number of methoxy groups -OCH3 is 1. The number of rotatable bonds is 5. The third-order valence-corrected chi connectivity index (χ3v) is 4.42. The SMILES string of the molecule is COc1cccc([C@H]2NC(=O)c3ccccc3O2)c1OCc1cccc(F)c1. The monoisotopic (exact) mass is 379 g/mol. The molecule has 0 bridgehead atoms. The molecule has 0 saturated heterocycles. The number of para-hydroxylation sites is 2. The Labute approximate surface area is 161 Å². The zero-order valence-corrected chi connectivity index (χ0v) is 15.1. The van der Waals surface area contributed by atoms with Crippen molar-refractivity contribution < 1.29 is 23.4 Å². The largest absolute Gasteiger partial charge is 0.493 e. The Morgan fingerprint density at radius 3 is 2.71 bits per heavy atom. The summed E-state index contributed by atoms with van der Waals surface area (Å²) in [7, 11) is 1.53. The van der Waals surface area contributed by atoms with E-state index in [0.29, 0.717) is 33.9 Å². The molecular formula is C22H18FNO4. The number of hydrogen-bond donors (Lipinski definition) is 1.